The lowest BCUT2D eigenvalue weighted by Gasteiger charge is -2.23. The average Bonchev–Trinajstić information content (AvgIpc) is 2.34. The molecule has 2 atom stereocenters. The van der Waals surface area contributed by atoms with Gasteiger partial charge in [-0.05, 0) is 25.5 Å². The maximum atomic E-state index is 10.6. The Balaban J connectivity index is 2.71. The van der Waals surface area contributed by atoms with Crippen molar-refractivity contribution in [3.63, 3.8) is 0 Å². The topological polar surface area (TPSA) is 69.6 Å². The van der Waals surface area contributed by atoms with Crippen molar-refractivity contribution >= 4 is 5.97 Å². The van der Waals surface area contributed by atoms with Crippen LogP contribution in [0.5, 0.6) is 0 Å². The smallest absolute Gasteiger partial charge is 0.303 e. The van der Waals surface area contributed by atoms with E-state index in [1.807, 2.05) is 38.1 Å². The first-order valence-corrected chi connectivity index (χ1v) is 6.24. The van der Waals surface area contributed by atoms with Gasteiger partial charge in [-0.2, -0.15) is 0 Å². The Bertz CT molecular complexity index is 375. The van der Waals surface area contributed by atoms with Gasteiger partial charge in [-0.3, -0.25) is 4.79 Å². The molecule has 0 aliphatic carbocycles. The van der Waals surface area contributed by atoms with Gasteiger partial charge in [-0.15, -0.1) is 0 Å². The normalized spacial score (nSPS) is 14.2. The third-order valence-electron chi connectivity index (χ3n) is 2.94. The number of aliphatic carboxylic acids is 1. The molecule has 0 spiro atoms. The quantitative estimate of drug-likeness (QED) is 0.692. The molecule has 0 amide bonds. The van der Waals surface area contributed by atoms with Crippen LogP contribution in [0.15, 0.2) is 24.3 Å². The van der Waals surface area contributed by atoms with Gasteiger partial charge in [0.25, 0.3) is 0 Å². The molecule has 100 valence electrons. The molecule has 1 aromatic carbocycles. The lowest BCUT2D eigenvalue weighted by Crippen LogP contribution is -2.35. The van der Waals surface area contributed by atoms with Gasteiger partial charge in [-0.25, -0.2) is 0 Å². The maximum absolute atomic E-state index is 10.6. The second-order valence-electron chi connectivity index (χ2n) is 4.45. The highest BCUT2D eigenvalue weighted by molar-refractivity contribution is 5.66. The number of hydrogen-bond acceptors (Lipinski definition) is 3. The van der Waals surface area contributed by atoms with Gasteiger partial charge in [0, 0.05) is 12.5 Å². The second-order valence-corrected chi connectivity index (χ2v) is 4.45. The summed E-state index contributed by atoms with van der Waals surface area (Å²) in [7, 11) is 0. The van der Waals surface area contributed by atoms with Crippen LogP contribution in [-0.2, 0) is 4.79 Å². The zero-order valence-corrected chi connectivity index (χ0v) is 10.9. The van der Waals surface area contributed by atoms with E-state index in [0.717, 1.165) is 11.1 Å². The van der Waals surface area contributed by atoms with Crippen LogP contribution < -0.4 is 5.32 Å². The number of carboxylic acids is 1. The summed E-state index contributed by atoms with van der Waals surface area (Å²) in [5, 5.41) is 22.1. The van der Waals surface area contributed by atoms with Crippen molar-refractivity contribution in [2.24, 2.45) is 0 Å². The molecule has 0 aromatic heterocycles. The van der Waals surface area contributed by atoms with E-state index in [1.54, 1.807) is 0 Å². The Morgan fingerprint density at radius 3 is 2.44 bits per heavy atom. The van der Waals surface area contributed by atoms with Crippen molar-refractivity contribution in [3.05, 3.63) is 35.4 Å². The van der Waals surface area contributed by atoms with Gasteiger partial charge < -0.3 is 15.5 Å². The number of rotatable bonds is 7. The third-order valence-corrected chi connectivity index (χ3v) is 2.94. The number of likely N-dealkylation sites (N-methyl/N-ethyl adjacent to an activating group) is 1. The van der Waals surface area contributed by atoms with Gasteiger partial charge in [0.1, 0.15) is 0 Å². The number of carboxylic acid groups (broad SMARTS) is 1. The van der Waals surface area contributed by atoms with Crippen molar-refractivity contribution in [1.82, 2.24) is 5.32 Å². The number of hydrogen-bond donors (Lipinski definition) is 3. The second kappa shape index (κ2) is 7.13. The first-order chi connectivity index (χ1) is 8.54. The van der Waals surface area contributed by atoms with Crippen molar-refractivity contribution in [2.45, 2.75) is 38.8 Å². The third kappa shape index (κ3) is 4.47. The molecule has 3 N–H and O–H groups in total. The van der Waals surface area contributed by atoms with E-state index in [1.165, 1.54) is 0 Å². The Labute approximate surface area is 108 Å². The fraction of sp³-hybridized carbons (Fsp3) is 0.500. The molecular weight excluding hydrogens is 230 g/mol. The van der Waals surface area contributed by atoms with E-state index in [4.69, 9.17) is 5.11 Å². The number of benzene rings is 1. The van der Waals surface area contributed by atoms with E-state index in [-0.39, 0.29) is 12.5 Å². The van der Waals surface area contributed by atoms with E-state index in [9.17, 15) is 9.90 Å². The highest BCUT2D eigenvalue weighted by atomic mass is 16.4. The first-order valence-electron chi connectivity index (χ1n) is 6.24. The van der Waals surface area contributed by atoms with E-state index in [2.05, 4.69) is 5.32 Å². The van der Waals surface area contributed by atoms with Crippen molar-refractivity contribution in [1.29, 1.82) is 0 Å². The molecule has 0 saturated carbocycles. The Morgan fingerprint density at radius 1 is 1.33 bits per heavy atom. The molecule has 0 aliphatic heterocycles. The molecule has 2 unspecified atom stereocenters. The van der Waals surface area contributed by atoms with Crippen LogP contribution >= 0.6 is 0 Å². The number of aryl methyl sites for hydroxylation is 1. The maximum Gasteiger partial charge on any atom is 0.303 e. The van der Waals surface area contributed by atoms with Gasteiger partial charge in [0.2, 0.25) is 0 Å². The number of carbonyl (C=O) groups is 1. The minimum atomic E-state index is -0.839. The van der Waals surface area contributed by atoms with Gasteiger partial charge in [0.15, 0.2) is 0 Å². The Morgan fingerprint density at radius 2 is 1.94 bits per heavy atom. The minimum absolute atomic E-state index is 0.0561. The fourth-order valence-corrected chi connectivity index (χ4v) is 1.91. The Hall–Kier alpha value is -1.39. The molecule has 0 saturated heterocycles. The van der Waals surface area contributed by atoms with Crippen LogP contribution in [0.3, 0.4) is 0 Å². The number of aliphatic hydroxyl groups is 1. The lowest BCUT2D eigenvalue weighted by atomic mass is 9.97. The summed E-state index contributed by atoms with van der Waals surface area (Å²) in [6.45, 7) is 4.63. The SMILES string of the molecule is CCNC(CCC(=O)O)C(O)c1ccc(C)cc1. The summed E-state index contributed by atoms with van der Waals surface area (Å²) in [4.78, 5) is 10.6. The van der Waals surface area contributed by atoms with Gasteiger partial charge in [-0.1, -0.05) is 36.8 Å². The van der Waals surface area contributed by atoms with Crippen LogP contribution in [0, 0.1) is 6.92 Å². The van der Waals surface area contributed by atoms with E-state index < -0.39 is 12.1 Å². The fourth-order valence-electron chi connectivity index (χ4n) is 1.91. The zero-order valence-electron chi connectivity index (χ0n) is 10.9. The van der Waals surface area contributed by atoms with Crippen molar-refractivity contribution < 1.29 is 15.0 Å². The summed E-state index contributed by atoms with van der Waals surface area (Å²) in [6.07, 6.45) is -0.205. The van der Waals surface area contributed by atoms with Crippen molar-refractivity contribution in [2.75, 3.05) is 6.54 Å². The molecule has 0 aliphatic rings. The number of aliphatic hydroxyl groups excluding tert-OH is 1. The van der Waals surface area contributed by atoms with Crippen LogP contribution in [0.4, 0.5) is 0 Å². The highest BCUT2D eigenvalue weighted by Gasteiger charge is 2.20. The molecule has 0 heterocycles. The molecule has 0 fully saturated rings. The first kappa shape index (κ1) is 14.7. The number of nitrogens with one attached hydrogen (secondary N) is 1. The van der Waals surface area contributed by atoms with Crippen LogP contribution in [0.1, 0.15) is 37.0 Å². The predicted octanol–water partition coefficient (Wildman–Crippen LogP) is 1.87. The molecule has 4 nitrogen and oxygen atoms in total. The van der Waals surface area contributed by atoms with Gasteiger partial charge in [0.05, 0.1) is 6.10 Å². The molecule has 0 radical (unpaired) electrons. The highest BCUT2D eigenvalue weighted by Crippen LogP contribution is 2.20. The van der Waals surface area contributed by atoms with E-state index >= 15 is 0 Å². The van der Waals surface area contributed by atoms with Crippen LogP contribution in [-0.4, -0.2) is 28.8 Å². The molecular formula is C14H21NO3. The average molecular weight is 251 g/mol. The minimum Gasteiger partial charge on any atom is -0.481 e. The molecule has 4 heteroatoms. The van der Waals surface area contributed by atoms with Crippen LogP contribution in [0.2, 0.25) is 0 Å². The van der Waals surface area contributed by atoms with Crippen LogP contribution in [0.25, 0.3) is 0 Å². The standard InChI is InChI=1S/C14H21NO3/c1-3-15-12(8-9-13(16)17)14(18)11-6-4-10(2)5-7-11/h4-7,12,14-15,18H,3,8-9H2,1-2H3,(H,16,17). The molecule has 0 bridgehead atoms. The monoisotopic (exact) mass is 251 g/mol. The zero-order chi connectivity index (χ0) is 13.5. The molecule has 1 aromatic rings. The summed E-state index contributed by atoms with van der Waals surface area (Å²) >= 11 is 0. The largest absolute Gasteiger partial charge is 0.481 e. The lowest BCUT2D eigenvalue weighted by molar-refractivity contribution is -0.137. The summed E-state index contributed by atoms with van der Waals surface area (Å²) < 4.78 is 0. The van der Waals surface area contributed by atoms with E-state index in [0.29, 0.717) is 13.0 Å². The summed E-state index contributed by atoms with van der Waals surface area (Å²) in [5.74, 6) is -0.839. The summed E-state index contributed by atoms with van der Waals surface area (Å²) in [5.41, 5.74) is 1.95. The molecule has 18 heavy (non-hydrogen) atoms. The van der Waals surface area contributed by atoms with Crippen molar-refractivity contribution in [3.8, 4) is 0 Å². The molecule has 1 rings (SSSR count). The van der Waals surface area contributed by atoms with Gasteiger partial charge >= 0.3 is 5.97 Å². The summed E-state index contributed by atoms with van der Waals surface area (Å²) in [6, 6.07) is 7.42. The Kier molecular flexibility index (Phi) is 5.82. The predicted molar refractivity (Wildman–Crippen MR) is 70.5 cm³/mol.